The number of nitrogens with one attached hydrogen (secondary N) is 3. The minimum absolute atomic E-state index is 0.159. The molecule has 0 radical (unpaired) electrons. The van der Waals surface area contributed by atoms with Gasteiger partial charge in [0.1, 0.15) is 0 Å². The number of furan rings is 1. The number of fused-ring (bicyclic) bond motifs is 1. The van der Waals surface area contributed by atoms with Crippen molar-refractivity contribution in [2.45, 2.75) is 12.8 Å². The molecule has 0 spiro atoms. The van der Waals surface area contributed by atoms with Gasteiger partial charge in [-0.15, -0.1) is 0 Å². The Balaban J connectivity index is 1.32. The van der Waals surface area contributed by atoms with Gasteiger partial charge in [0, 0.05) is 24.1 Å². The van der Waals surface area contributed by atoms with Gasteiger partial charge in [-0.25, -0.2) is 9.99 Å². The predicted molar refractivity (Wildman–Crippen MR) is 113 cm³/mol. The number of hydrogen-bond donors (Lipinski definition) is 3. The highest BCUT2D eigenvalue weighted by atomic mass is 16.3. The predicted octanol–water partition coefficient (Wildman–Crippen LogP) is 3.23. The Hall–Kier alpha value is -4.40. The third kappa shape index (κ3) is 3.64. The van der Waals surface area contributed by atoms with Crippen LogP contribution in [-0.4, -0.2) is 27.7 Å². The monoisotopic (exact) mass is 415 g/mol. The van der Waals surface area contributed by atoms with Crippen LogP contribution in [0.2, 0.25) is 0 Å². The van der Waals surface area contributed by atoms with Crippen LogP contribution < -0.4 is 15.8 Å². The van der Waals surface area contributed by atoms with Crippen LogP contribution in [0.1, 0.15) is 23.2 Å². The molecule has 0 atom stereocenters. The number of hydrazine groups is 1. The summed E-state index contributed by atoms with van der Waals surface area (Å²) in [6, 6.07) is 15.4. The van der Waals surface area contributed by atoms with E-state index in [2.05, 4.69) is 20.7 Å². The first-order valence-corrected chi connectivity index (χ1v) is 9.64. The van der Waals surface area contributed by atoms with E-state index in [1.165, 1.54) is 5.01 Å². The fourth-order valence-electron chi connectivity index (χ4n) is 3.37. The second kappa shape index (κ2) is 7.45. The maximum atomic E-state index is 12.6. The molecule has 1 aliphatic rings. The van der Waals surface area contributed by atoms with Crippen LogP contribution in [0.4, 0.5) is 11.4 Å². The molecule has 1 saturated heterocycles. The van der Waals surface area contributed by atoms with Crippen molar-refractivity contribution in [2.75, 3.05) is 10.3 Å². The number of aromatic amines is 1. The fourth-order valence-corrected chi connectivity index (χ4v) is 3.37. The highest BCUT2D eigenvalue weighted by Crippen LogP contribution is 2.24. The minimum Gasteiger partial charge on any atom is -0.461 e. The highest BCUT2D eigenvalue weighted by molar-refractivity contribution is 6.06. The Morgan fingerprint density at radius 1 is 1.06 bits per heavy atom. The summed E-state index contributed by atoms with van der Waals surface area (Å²) in [6.07, 6.45) is 1.92. The normalized spacial score (nSPS) is 14.0. The first kappa shape index (κ1) is 18.6. The van der Waals surface area contributed by atoms with Crippen LogP contribution in [0.15, 0.2) is 65.3 Å². The number of aromatic nitrogens is 2. The number of rotatable bonds is 4. The average molecular weight is 415 g/mol. The van der Waals surface area contributed by atoms with Gasteiger partial charge in [-0.05, 0) is 54.6 Å². The average Bonchev–Trinajstić information content (AvgIpc) is 3.45. The van der Waals surface area contributed by atoms with Gasteiger partial charge < -0.3 is 14.7 Å². The molecule has 154 valence electrons. The van der Waals surface area contributed by atoms with Crippen molar-refractivity contribution in [3.8, 4) is 11.6 Å². The van der Waals surface area contributed by atoms with Crippen molar-refractivity contribution in [3.05, 3.63) is 66.4 Å². The van der Waals surface area contributed by atoms with E-state index in [-0.39, 0.29) is 30.6 Å². The maximum Gasteiger partial charge on any atom is 0.255 e. The third-order valence-corrected chi connectivity index (χ3v) is 4.93. The molecule has 3 amide bonds. The van der Waals surface area contributed by atoms with E-state index in [9.17, 15) is 14.4 Å². The molecule has 0 saturated carbocycles. The van der Waals surface area contributed by atoms with E-state index in [1.54, 1.807) is 48.7 Å². The molecular formula is C22H17N5O4. The lowest BCUT2D eigenvalue weighted by molar-refractivity contribution is -0.130. The van der Waals surface area contributed by atoms with Crippen molar-refractivity contribution in [1.82, 2.24) is 15.4 Å². The van der Waals surface area contributed by atoms with Gasteiger partial charge in [-0.1, -0.05) is 0 Å². The smallest absolute Gasteiger partial charge is 0.255 e. The van der Waals surface area contributed by atoms with Gasteiger partial charge >= 0.3 is 0 Å². The molecule has 3 N–H and O–H groups in total. The first-order chi connectivity index (χ1) is 15.1. The van der Waals surface area contributed by atoms with Crippen LogP contribution in [0.3, 0.4) is 0 Å². The molecular weight excluding hydrogens is 398 g/mol. The minimum atomic E-state index is -0.300. The number of benzene rings is 2. The van der Waals surface area contributed by atoms with E-state index in [1.807, 2.05) is 12.1 Å². The van der Waals surface area contributed by atoms with Gasteiger partial charge in [0.15, 0.2) is 11.6 Å². The van der Waals surface area contributed by atoms with E-state index >= 15 is 0 Å². The zero-order chi connectivity index (χ0) is 21.4. The molecule has 3 heterocycles. The van der Waals surface area contributed by atoms with E-state index in [0.29, 0.717) is 28.5 Å². The molecule has 0 unspecified atom stereocenters. The zero-order valence-corrected chi connectivity index (χ0v) is 16.2. The van der Waals surface area contributed by atoms with Crippen molar-refractivity contribution < 1.29 is 18.8 Å². The molecule has 9 nitrogen and oxygen atoms in total. The van der Waals surface area contributed by atoms with Gasteiger partial charge in [0.25, 0.3) is 5.91 Å². The Kier molecular flexibility index (Phi) is 4.47. The molecule has 2 aromatic carbocycles. The number of carbonyl (C=O) groups is 3. The molecule has 0 aliphatic carbocycles. The summed E-state index contributed by atoms with van der Waals surface area (Å²) in [7, 11) is 0. The zero-order valence-electron chi connectivity index (χ0n) is 16.2. The fraction of sp³-hybridized carbons (Fsp3) is 0.0909. The first-order valence-electron chi connectivity index (χ1n) is 9.64. The van der Waals surface area contributed by atoms with E-state index in [0.717, 1.165) is 11.0 Å². The number of amides is 3. The number of imidazole rings is 1. The summed E-state index contributed by atoms with van der Waals surface area (Å²) in [5.41, 5.74) is 5.57. The van der Waals surface area contributed by atoms with Crippen LogP contribution in [-0.2, 0) is 9.59 Å². The van der Waals surface area contributed by atoms with Gasteiger partial charge in [-0.2, -0.15) is 0 Å². The van der Waals surface area contributed by atoms with Gasteiger partial charge in [0.2, 0.25) is 11.8 Å². The summed E-state index contributed by atoms with van der Waals surface area (Å²) in [5.74, 6) is 0.527. The SMILES string of the molecule is O=C1CCC(=O)N(c2ccc(C(=O)Nc3ccc4nc(-c5ccco5)[nH]c4c3)cc2)N1. The maximum absolute atomic E-state index is 12.6. The number of nitrogens with zero attached hydrogens (tertiary/aromatic N) is 2. The van der Waals surface area contributed by atoms with Crippen LogP contribution in [0, 0.1) is 0 Å². The van der Waals surface area contributed by atoms with Crippen molar-refractivity contribution in [3.63, 3.8) is 0 Å². The van der Waals surface area contributed by atoms with Crippen molar-refractivity contribution in [2.24, 2.45) is 0 Å². The Labute approximate surface area is 176 Å². The Morgan fingerprint density at radius 3 is 2.68 bits per heavy atom. The molecule has 0 bridgehead atoms. The van der Waals surface area contributed by atoms with Crippen molar-refractivity contribution >= 4 is 40.1 Å². The van der Waals surface area contributed by atoms with Gasteiger partial charge in [0.05, 0.1) is 23.0 Å². The lowest BCUT2D eigenvalue weighted by Crippen LogP contribution is -2.50. The standard InChI is InChI=1S/C22H17N5O4/c28-19-9-10-20(29)27(26-19)15-6-3-13(4-7-15)22(30)23-14-5-8-16-17(12-14)25-21(24-16)18-2-1-11-31-18/h1-8,11-12H,9-10H2,(H,23,30)(H,24,25)(H,26,28). The quantitative estimate of drug-likeness (QED) is 0.473. The van der Waals surface area contributed by atoms with E-state index < -0.39 is 0 Å². The topological polar surface area (TPSA) is 120 Å². The number of anilines is 2. The second-order valence-electron chi connectivity index (χ2n) is 7.06. The van der Waals surface area contributed by atoms with Crippen molar-refractivity contribution in [1.29, 1.82) is 0 Å². The van der Waals surface area contributed by atoms with Gasteiger partial charge in [-0.3, -0.25) is 19.8 Å². The molecule has 5 rings (SSSR count). The van der Waals surface area contributed by atoms with Crippen LogP contribution in [0.5, 0.6) is 0 Å². The summed E-state index contributed by atoms with van der Waals surface area (Å²) in [6.45, 7) is 0. The molecule has 1 fully saturated rings. The third-order valence-electron chi connectivity index (χ3n) is 4.93. The molecule has 31 heavy (non-hydrogen) atoms. The van der Waals surface area contributed by atoms with Crippen LogP contribution in [0.25, 0.3) is 22.6 Å². The largest absolute Gasteiger partial charge is 0.461 e. The van der Waals surface area contributed by atoms with Crippen LogP contribution >= 0.6 is 0 Å². The summed E-state index contributed by atoms with van der Waals surface area (Å²) < 4.78 is 5.36. The number of carbonyl (C=O) groups excluding carboxylic acids is 3. The number of H-pyrrole nitrogens is 1. The van der Waals surface area contributed by atoms with E-state index in [4.69, 9.17) is 4.42 Å². The summed E-state index contributed by atoms with van der Waals surface area (Å²) >= 11 is 0. The highest BCUT2D eigenvalue weighted by Gasteiger charge is 2.24. The number of hydrogen-bond acceptors (Lipinski definition) is 5. The Morgan fingerprint density at radius 2 is 1.90 bits per heavy atom. The molecule has 2 aromatic heterocycles. The Bertz CT molecular complexity index is 1290. The molecule has 4 aromatic rings. The summed E-state index contributed by atoms with van der Waals surface area (Å²) in [5, 5.41) is 4.05. The molecule has 1 aliphatic heterocycles. The second-order valence-corrected chi connectivity index (χ2v) is 7.06. The lowest BCUT2D eigenvalue weighted by atomic mass is 10.1. The summed E-state index contributed by atoms with van der Waals surface area (Å²) in [4.78, 5) is 43.8. The lowest BCUT2D eigenvalue weighted by Gasteiger charge is -2.27. The molecule has 9 heteroatoms.